The second-order valence-corrected chi connectivity index (χ2v) is 6.21. The van der Waals surface area contributed by atoms with Gasteiger partial charge in [-0.15, -0.1) is 0 Å². The van der Waals surface area contributed by atoms with Crippen LogP contribution in [0.3, 0.4) is 0 Å². The van der Waals surface area contributed by atoms with E-state index in [2.05, 4.69) is 15.2 Å². The summed E-state index contributed by atoms with van der Waals surface area (Å²) in [5, 5.41) is 7.31. The first kappa shape index (κ1) is 16.8. The molecular weight excluding hydrogens is 368 g/mol. The van der Waals surface area contributed by atoms with Crippen molar-refractivity contribution in [2.75, 3.05) is 5.73 Å². The highest BCUT2D eigenvalue weighted by molar-refractivity contribution is 6.32. The van der Waals surface area contributed by atoms with Crippen LogP contribution < -0.4 is 17.0 Å². The summed E-state index contributed by atoms with van der Waals surface area (Å²) in [5.74, 6) is -0.597. The molecule has 5 N–H and O–H groups in total. The molecule has 0 aliphatic carbocycles. The van der Waals surface area contributed by atoms with Gasteiger partial charge in [0.25, 0.3) is 11.5 Å². The topological polar surface area (TPSA) is 133 Å². The number of halogens is 1. The molecule has 1 aromatic carbocycles. The van der Waals surface area contributed by atoms with Crippen LogP contribution in [0.2, 0.25) is 5.02 Å². The van der Waals surface area contributed by atoms with E-state index in [0.29, 0.717) is 27.5 Å². The number of aromatic amines is 1. The number of hydrogen-bond acceptors (Lipinski definition) is 5. The Balaban J connectivity index is 2.09. The number of amides is 1. The number of nitrogen functional groups attached to an aromatic ring is 1. The molecule has 3 aromatic heterocycles. The quantitative estimate of drug-likeness (QED) is 0.500. The molecule has 3 heterocycles. The van der Waals surface area contributed by atoms with Gasteiger partial charge in [-0.3, -0.25) is 19.3 Å². The number of pyridine rings is 2. The summed E-state index contributed by atoms with van der Waals surface area (Å²) in [6, 6.07) is 11.8. The summed E-state index contributed by atoms with van der Waals surface area (Å²) in [6.45, 7) is 0. The average molecular weight is 381 g/mol. The normalized spacial score (nSPS) is 11.0. The third-order valence-corrected chi connectivity index (χ3v) is 4.46. The molecule has 134 valence electrons. The summed E-state index contributed by atoms with van der Waals surface area (Å²) in [7, 11) is 0. The minimum Gasteiger partial charge on any atom is -0.382 e. The number of benzene rings is 1. The van der Waals surface area contributed by atoms with E-state index in [1.54, 1.807) is 42.6 Å². The molecule has 0 saturated heterocycles. The van der Waals surface area contributed by atoms with Gasteiger partial charge in [0.15, 0.2) is 5.82 Å². The molecule has 4 aromatic rings. The van der Waals surface area contributed by atoms with Crippen molar-refractivity contribution in [3.05, 3.63) is 69.7 Å². The van der Waals surface area contributed by atoms with E-state index in [1.165, 1.54) is 10.6 Å². The maximum Gasteiger partial charge on any atom is 0.268 e. The smallest absolute Gasteiger partial charge is 0.268 e. The van der Waals surface area contributed by atoms with Crippen LogP contribution in [-0.2, 0) is 0 Å². The summed E-state index contributed by atoms with van der Waals surface area (Å²) >= 11 is 6.27. The first-order valence-corrected chi connectivity index (χ1v) is 8.26. The number of fused-ring (bicyclic) bond motifs is 1. The molecule has 0 bridgehead atoms. The van der Waals surface area contributed by atoms with Crippen molar-refractivity contribution in [2.45, 2.75) is 0 Å². The van der Waals surface area contributed by atoms with E-state index < -0.39 is 5.91 Å². The maximum absolute atomic E-state index is 13.0. The summed E-state index contributed by atoms with van der Waals surface area (Å²) in [5.41, 5.74) is 12.8. The Hall–Kier alpha value is -3.65. The molecular formula is C18H13ClN6O2. The van der Waals surface area contributed by atoms with Crippen LogP contribution >= 0.6 is 11.6 Å². The number of carbonyl (C=O) groups excluding carboxylic acids is 1. The van der Waals surface area contributed by atoms with Crippen LogP contribution in [-0.4, -0.2) is 25.7 Å². The summed E-state index contributed by atoms with van der Waals surface area (Å²) < 4.78 is 1.38. The second kappa shape index (κ2) is 6.26. The van der Waals surface area contributed by atoms with Crippen molar-refractivity contribution >= 4 is 34.2 Å². The third kappa shape index (κ3) is 2.72. The van der Waals surface area contributed by atoms with Crippen LogP contribution in [0.5, 0.6) is 0 Å². The van der Waals surface area contributed by atoms with Crippen LogP contribution in [0.15, 0.2) is 53.5 Å². The van der Waals surface area contributed by atoms with Crippen LogP contribution in [0.4, 0.5) is 5.82 Å². The lowest BCUT2D eigenvalue weighted by Crippen LogP contribution is -2.19. The van der Waals surface area contributed by atoms with Crippen molar-refractivity contribution in [1.82, 2.24) is 19.7 Å². The van der Waals surface area contributed by atoms with Gasteiger partial charge < -0.3 is 11.5 Å². The van der Waals surface area contributed by atoms with E-state index in [0.717, 1.165) is 0 Å². The highest BCUT2D eigenvalue weighted by Crippen LogP contribution is 2.28. The van der Waals surface area contributed by atoms with Crippen molar-refractivity contribution in [3.63, 3.8) is 0 Å². The molecule has 1 amide bonds. The fourth-order valence-corrected chi connectivity index (χ4v) is 3.11. The minimum absolute atomic E-state index is 0.0590. The lowest BCUT2D eigenvalue weighted by atomic mass is 10.1. The van der Waals surface area contributed by atoms with E-state index in [4.69, 9.17) is 23.1 Å². The fraction of sp³-hybridized carbons (Fsp3) is 0. The zero-order valence-corrected chi connectivity index (χ0v) is 14.6. The number of nitrogens with zero attached hydrogens (tertiary/aromatic N) is 3. The number of anilines is 1. The van der Waals surface area contributed by atoms with Crippen molar-refractivity contribution in [3.8, 4) is 16.9 Å². The van der Waals surface area contributed by atoms with Gasteiger partial charge in [-0.05, 0) is 24.3 Å². The number of carbonyl (C=O) groups is 1. The van der Waals surface area contributed by atoms with Gasteiger partial charge in [-0.2, -0.15) is 5.10 Å². The number of aromatic nitrogens is 4. The molecule has 8 nitrogen and oxygen atoms in total. The van der Waals surface area contributed by atoms with E-state index in [9.17, 15) is 9.59 Å². The zero-order chi connectivity index (χ0) is 19.1. The Morgan fingerprint density at radius 2 is 1.93 bits per heavy atom. The fourth-order valence-electron chi connectivity index (χ4n) is 2.88. The Kier molecular flexibility index (Phi) is 3.89. The van der Waals surface area contributed by atoms with E-state index in [-0.39, 0.29) is 22.5 Å². The first-order chi connectivity index (χ1) is 13.0. The Morgan fingerprint density at radius 3 is 2.67 bits per heavy atom. The number of para-hydroxylation sites is 1. The van der Waals surface area contributed by atoms with Crippen molar-refractivity contribution < 1.29 is 4.79 Å². The molecule has 0 unspecified atom stereocenters. The molecule has 0 aliphatic heterocycles. The molecule has 9 heteroatoms. The summed E-state index contributed by atoms with van der Waals surface area (Å²) in [6.07, 6.45) is 1.58. The predicted molar refractivity (Wildman–Crippen MR) is 103 cm³/mol. The molecule has 0 aliphatic rings. The van der Waals surface area contributed by atoms with Crippen molar-refractivity contribution in [2.24, 2.45) is 5.73 Å². The molecule has 27 heavy (non-hydrogen) atoms. The zero-order valence-electron chi connectivity index (χ0n) is 13.8. The molecule has 0 spiro atoms. The second-order valence-electron chi connectivity index (χ2n) is 5.80. The number of hydrogen-bond donors (Lipinski definition) is 3. The van der Waals surface area contributed by atoms with Crippen molar-refractivity contribution in [1.29, 1.82) is 0 Å². The number of nitrogens with two attached hydrogens (primary N) is 2. The van der Waals surface area contributed by atoms with Gasteiger partial charge in [0.2, 0.25) is 0 Å². The maximum atomic E-state index is 13.0. The molecule has 0 saturated carbocycles. The minimum atomic E-state index is -0.656. The Bertz CT molecular complexity index is 1260. The predicted octanol–water partition coefficient (Wildman–Crippen LogP) is 2.11. The van der Waals surface area contributed by atoms with Gasteiger partial charge in [-0.1, -0.05) is 29.8 Å². The molecule has 0 atom stereocenters. The van der Waals surface area contributed by atoms with Gasteiger partial charge in [0.05, 0.1) is 21.9 Å². The highest BCUT2D eigenvalue weighted by atomic mass is 35.5. The third-order valence-electron chi connectivity index (χ3n) is 4.14. The largest absolute Gasteiger partial charge is 0.382 e. The van der Waals surface area contributed by atoms with Crippen LogP contribution in [0.1, 0.15) is 10.5 Å². The number of rotatable bonds is 3. The Labute approximate surface area is 157 Å². The van der Waals surface area contributed by atoms with Gasteiger partial charge >= 0.3 is 0 Å². The van der Waals surface area contributed by atoms with Gasteiger partial charge in [0, 0.05) is 11.8 Å². The Morgan fingerprint density at radius 1 is 1.15 bits per heavy atom. The SMILES string of the molecule is NC(=O)c1cccc(-c2cn(-c3ccccc3Cl)c(=O)c3c(N)n[nH]c23)n1. The number of H-pyrrole nitrogens is 1. The number of primary amides is 1. The molecule has 0 fully saturated rings. The van der Waals surface area contributed by atoms with E-state index >= 15 is 0 Å². The first-order valence-electron chi connectivity index (χ1n) is 7.88. The lowest BCUT2D eigenvalue weighted by molar-refractivity contribution is 0.0995. The average Bonchev–Trinajstić information content (AvgIpc) is 3.05. The molecule has 0 radical (unpaired) electrons. The lowest BCUT2D eigenvalue weighted by Gasteiger charge is -2.11. The van der Waals surface area contributed by atoms with Gasteiger partial charge in [0.1, 0.15) is 11.1 Å². The monoisotopic (exact) mass is 380 g/mol. The van der Waals surface area contributed by atoms with Crippen LogP contribution in [0.25, 0.3) is 27.8 Å². The highest BCUT2D eigenvalue weighted by Gasteiger charge is 2.18. The summed E-state index contributed by atoms with van der Waals surface area (Å²) in [4.78, 5) is 28.8. The molecule has 4 rings (SSSR count). The van der Waals surface area contributed by atoms with E-state index in [1.807, 2.05) is 0 Å². The van der Waals surface area contributed by atoms with Gasteiger partial charge in [-0.25, -0.2) is 4.98 Å². The number of nitrogens with one attached hydrogen (secondary N) is 1. The van der Waals surface area contributed by atoms with Crippen LogP contribution in [0, 0.1) is 0 Å². The standard InChI is InChI=1S/C18H13ClN6O2/c19-10-4-1-2-7-13(10)25-8-9(11-5-3-6-12(22-11)17(21)26)15-14(18(25)27)16(20)24-23-15/h1-8H,(H2,21,26)(H3,20,23,24).